The van der Waals surface area contributed by atoms with Crippen molar-refractivity contribution < 1.29 is 22.3 Å². The van der Waals surface area contributed by atoms with Crippen LogP contribution in [0.1, 0.15) is 17.3 Å². The lowest BCUT2D eigenvalue weighted by atomic mass is 10.1. The van der Waals surface area contributed by atoms with E-state index in [0.717, 1.165) is 6.54 Å². The summed E-state index contributed by atoms with van der Waals surface area (Å²) in [6.45, 7) is 6.84. The topological polar surface area (TPSA) is 73.4 Å². The molecule has 8 nitrogen and oxygen atoms in total. The Morgan fingerprint density at radius 3 is 2.31 bits per heavy atom. The molecule has 2 heterocycles. The molecule has 0 bridgehead atoms. The SMILES string of the molecule is CCN1CCN(S(=O)(=O)c2ccc(OC)c(N3CCN(C(=O)c4c(F)cccc4Cl)CC3)c2)CC1. The van der Waals surface area contributed by atoms with Crippen LogP contribution < -0.4 is 9.64 Å². The second-order valence-corrected chi connectivity index (χ2v) is 10.9. The molecular weight excluding hydrogens is 495 g/mol. The minimum atomic E-state index is -3.65. The lowest BCUT2D eigenvalue weighted by Crippen LogP contribution is -2.49. The second kappa shape index (κ2) is 10.7. The number of carbonyl (C=O) groups excluding carboxylic acids is 1. The molecule has 0 atom stereocenters. The normalized spacial score (nSPS) is 18.1. The third-order valence-corrected chi connectivity index (χ3v) is 8.86. The van der Waals surface area contributed by atoms with E-state index in [-0.39, 0.29) is 15.5 Å². The predicted octanol–water partition coefficient (Wildman–Crippen LogP) is 2.78. The number of benzene rings is 2. The number of anilines is 1. The molecule has 2 aliphatic heterocycles. The monoisotopic (exact) mass is 524 g/mol. The molecule has 35 heavy (non-hydrogen) atoms. The van der Waals surface area contributed by atoms with E-state index in [9.17, 15) is 17.6 Å². The van der Waals surface area contributed by atoms with Crippen molar-refractivity contribution in [2.24, 2.45) is 0 Å². The van der Waals surface area contributed by atoms with Gasteiger partial charge in [-0.25, -0.2) is 12.8 Å². The van der Waals surface area contributed by atoms with Crippen LogP contribution in [0.4, 0.5) is 10.1 Å². The third-order valence-electron chi connectivity index (χ3n) is 6.65. The average molecular weight is 525 g/mol. The summed E-state index contributed by atoms with van der Waals surface area (Å²) in [5.41, 5.74) is 0.522. The Morgan fingerprint density at radius 1 is 1.03 bits per heavy atom. The van der Waals surface area contributed by atoms with Gasteiger partial charge in [-0.15, -0.1) is 0 Å². The smallest absolute Gasteiger partial charge is 0.258 e. The molecule has 2 saturated heterocycles. The van der Waals surface area contributed by atoms with E-state index in [1.165, 1.54) is 29.6 Å². The van der Waals surface area contributed by atoms with E-state index in [4.69, 9.17) is 16.3 Å². The van der Waals surface area contributed by atoms with Crippen LogP contribution in [0.3, 0.4) is 0 Å². The third kappa shape index (κ3) is 5.25. The Balaban J connectivity index is 1.51. The summed E-state index contributed by atoms with van der Waals surface area (Å²) < 4.78 is 47.9. The number of amides is 1. The Kier molecular flexibility index (Phi) is 7.85. The highest BCUT2D eigenvalue weighted by atomic mass is 35.5. The van der Waals surface area contributed by atoms with Crippen molar-refractivity contribution in [3.63, 3.8) is 0 Å². The predicted molar refractivity (Wildman–Crippen MR) is 133 cm³/mol. The lowest BCUT2D eigenvalue weighted by molar-refractivity contribution is 0.0742. The van der Waals surface area contributed by atoms with Gasteiger partial charge in [0.1, 0.15) is 11.6 Å². The second-order valence-electron chi connectivity index (χ2n) is 8.55. The van der Waals surface area contributed by atoms with Crippen molar-refractivity contribution in [3.8, 4) is 5.75 Å². The Bertz CT molecular complexity index is 1160. The fourth-order valence-corrected chi connectivity index (χ4v) is 6.21. The van der Waals surface area contributed by atoms with Crippen LogP contribution in [-0.2, 0) is 10.0 Å². The molecule has 11 heteroatoms. The van der Waals surface area contributed by atoms with Crippen molar-refractivity contribution in [3.05, 3.63) is 52.8 Å². The van der Waals surface area contributed by atoms with Crippen LogP contribution in [-0.4, -0.2) is 94.4 Å². The molecule has 0 saturated carbocycles. The zero-order chi connectivity index (χ0) is 25.2. The van der Waals surface area contributed by atoms with Crippen molar-refractivity contribution in [2.45, 2.75) is 11.8 Å². The number of carbonyl (C=O) groups is 1. The van der Waals surface area contributed by atoms with Gasteiger partial charge >= 0.3 is 0 Å². The van der Waals surface area contributed by atoms with E-state index >= 15 is 0 Å². The highest BCUT2D eigenvalue weighted by Gasteiger charge is 2.31. The standard InChI is InChI=1S/C24H30ClFN4O4S/c1-3-27-9-15-30(16-10-27)35(32,33)18-7-8-22(34-2)21(17-18)28-11-13-29(14-12-28)24(31)23-19(25)5-4-6-20(23)26/h4-8,17H,3,9-16H2,1-2H3. The number of rotatable bonds is 6. The molecule has 190 valence electrons. The number of halogens is 2. The maximum Gasteiger partial charge on any atom is 0.258 e. The van der Waals surface area contributed by atoms with Crippen LogP contribution in [0.25, 0.3) is 0 Å². The van der Waals surface area contributed by atoms with Crippen LogP contribution >= 0.6 is 11.6 Å². The number of ether oxygens (including phenoxy) is 1. The molecule has 0 N–H and O–H groups in total. The molecule has 2 aromatic rings. The summed E-state index contributed by atoms with van der Waals surface area (Å²) in [6, 6.07) is 9.06. The summed E-state index contributed by atoms with van der Waals surface area (Å²) >= 11 is 6.07. The van der Waals surface area contributed by atoms with Gasteiger partial charge in [0, 0.05) is 52.4 Å². The summed E-state index contributed by atoms with van der Waals surface area (Å²) in [6.07, 6.45) is 0. The quantitative estimate of drug-likeness (QED) is 0.578. The lowest BCUT2D eigenvalue weighted by Gasteiger charge is -2.37. The number of hydrogen-bond donors (Lipinski definition) is 0. The highest BCUT2D eigenvalue weighted by molar-refractivity contribution is 7.89. The van der Waals surface area contributed by atoms with E-state index in [2.05, 4.69) is 11.8 Å². The number of hydrogen-bond acceptors (Lipinski definition) is 6. The summed E-state index contributed by atoms with van der Waals surface area (Å²) in [4.78, 5) is 18.9. The van der Waals surface area contributed by atoms with Crippen molar-refractivity contribution in [1.29, 1.82) is 0 Å². The maximum atomic E-state index is 14.2. The molecule has 2 fully saturated rings. The van der Waals surface area contributed by atoms with E-state index in [1.807, 2.05) is 4.90 Å². The fraction of sp³-hybridized carbons (Fsp3) is 0.458. The first-order chi connectivity index (χ1) is 16.8. The zero-order valence-electron chi connectivity index (χ0n) is 19.9. The summed E-state index contributed by atoms with van der Waals surface area (Å²) in [5.74, 6) is -0.553. The highest BCUT2D eigenvalue weighted by Crippen LogP contribution is 2.33. The van der Waals surface area contributed by atoms with Crippen LogP contribution in [0, 0.1) is 5.82 Å². The van der Waals surface area contributed by atoms with Gasteiger partial charge in [0.25, 0.3) is 5.91 Å². The Hall–Kier alpha value is -2.40. The molecule has 0 unspecified atom stereocenters. The van der Waals surface area contributed by atoms with E-state index in [0.29, 0.717) is 63.8 Å². The molecule has 0 aromatic heterocycles. The first-order valence-electron chi connectivity index (χ1n) is 11.6. The number of methoxy groups -OCH3 is 1. The first-order valence-corrected chi connectivity index (χ1v) is 13.5. The van der Waals surface area contributed by atoms with E-state index in [1.54, 1.807) is 23.1 Å². The number of likely N-dealkylation sites (N-methyl/N-ethyl adjacent to an activating group) is 1. The molecule has 2 aromatic carbocycles. The van der Waals surface area contributed by atoms with E-state index < -0.39 is 21.7 Å². The maximum absolute atomic E-state index is 14.2. The number of sulfonamides is 1. The molecule has 0 radical (unpaired) electrons. The first kappa shape index (κ1) is 25.7. The molecule has 1 amide bonds. The molecule has 2 aliphatic rings. The van der Waals surface area contributed by atoms with Crippen LogP contribution in [0.5, 0.6) is 5.75 Å². The number of piperazine rings is 2. The average Bonchev–Trinajstić information content (AvgIpc) is 2.88. The zero-order valence-corrected chi connectivity index (χ0v) is 21.5. The molecule has 0 aliphatic carbocycles. The minimum Gasteiger partial charge on any atom is -0.495 e. The van der Waals surface area contributed by atoms with Gasteiger partial charge in [0.15, 0.2) is 0 Å². The van der Waals surface area contributed by atoms with Gasteiger partial charge in [-0.2, -0.15) is 4.31 Å². The van der Waals surface area contributed by atoms with Crippen molar-refractivity contribution in [2.75, 3.05) is 70.9 Å². The fourth-order valence-electron chi connectivity index (χ4n) is 4.52. The van der Waals surface area contributed by atoms with Crippen molar-refractivity contribution in [1.82, 2.24) is 14.1 Å². The van der Waals surface area contributed by atoms with Gasteiger partial charge < -0.3 is 19.4 Å². The Morgan fingerprint density at radius 2 is 1.71 bits per heavy atom. The van der Waals surface area contributed by atoms with Crippen LogP contribution in [0.2, 0.25) is 5.02 Å². The molecule has 0 spiro atoms. The Labute approximate surface area is 210 Å². The number of nitrogens with zero attached hydrogens (tertiary/aromatic N) is 4. The largest absolute Gasteiger partial charge is 0.495 e. The van der Waals surface area contributed by atoms with Crippen molar-refractivity contribution >= 4 is 33.2 Å². The summed E-state index contributed by atoms with van der Waals surface area (Å²) in [5, 5.41) is 0.0803. The molecular formula is C24H30ClFN4O4S. The summed E-state index contributed by atoms with van der Waals surface area (Å²) in [7, 11) is -2.11. The van der Waals surface area contributed by atoms with Gasteiger partial charge in [-0.3, -0.25) is 4.79 Å². The van der Waals surface area contributed by atoms with Crippen LogP contribution in [0.15, 0.2) is 41.3 Å². The van der Waals surface area contributed by atoms with Gasteiger partial charge in [0.05, 0.1) is 28.3 Å². The minimum absolute atomic E-state index is 0.0803. The van der Waals surface area contributed by atoms with Gasteiger partial charge in [-0.1, -0.05) is 24.6 Å². The van der Waals surface area contributed by atoms with Gasteiger partial charge in [-0.05, 0) is 36.9 Å². The van der Waals surface area contributed by atoms with Gasteiger partial charge in [0.2, 0.25) is 10.0 Å². The molecule has 4 rings (SSSR count).